The van der Waals surface area contributed by atoms with E-state index < -0.39 is 0 Å². The molecule has 2 amide bonds. The highest BCUT2D eigenvalue weighted by Crippen LogP contribution is 2.08. The number of rotatable bonds is 2. The van der Waals surface area contributed by atoms with Crippen LogP contribution < -0.4 is 5.32 Å². The largest absolute Gasteiger partial charge is 0.374 e. The second-order valence-corrected chi connectivity index (χ2v) is 3.85. The first-order valence-electron chi connectivity index (χ1n) is 5.10. The number of nitrogens with one attached hydrogen (secondary N) is 1. The van der Waals surface area contributed by atoms with E-state index in [1.165, 1.54) is 0 Å². The van der Waals surface area contributed by atoms with E-state index >= 15 is 0 Å². The van der Waals surface area contributed by atoms with Crippen LogP contribution in [0.15, 0.2) is 0 Å². The molecule has 2 saturated heterocycles. The lowest BCUT2D eigenvalue weighted by Gasteiger charge is -2.27. The van der Waals surface area contributed by atoms with Crippen LogP contribution >= 0.6 is 0 Å². The predicted octanol–water partition coefficient (Wildman–Crippen LogP) is -0.658. The summed E-state index contributed by atoms with van der Waals surface area (Å²) < 4.78 is 5.55. The number of likely N-dealkylation sites (N-methyl/N-ethyl adjacent to an activating group) is 1. The lowest BCUT2D eigenvalue weighted by molar-refractivity contribution is 0.0146. The Kier molecular flexibility index (Phi) is 2.88. The van der Waals surface area contributed by atoms with E-state index in [0.29, 0.717) is 0 Å². The number of urea groups is 1. The molecule has 2 fully saturated rings. The molecule has 14 heavy (non-hydrogen) atoms. The number of ether oxygens (including phenoxy) is 1. The van der Waals surface area contributed by atoms with Crippen molar-refractivity contribution in [1.82, 2.24) is 15.1 Å². The van der Waals surface area contributed by atoms with Gasteiger partial charge in [-0.15, -0.1) is 0 Å². The molecule has 1 atom stereocenters. The Hall–Kier alpha value is -0.810. The predicted molar refractivity (Wildman–Crippen MR) is 52.2 cm³/mol. The van der Waals surface area contributed by atoms with Crippen molar-refractivity contribution in [2.24, 2.45) is 0 Å². The fourth-order valence-electron chi connectivity index (χ4n) is 1.86. The number of carbonyl (C=O) groups excluding carboxylic acids is 1. The number of hydrogen-bond donors (Lipinski definition) is 1. The zero-order chi connectivity index (χ0) is 9.97. The first-order valence-corrected chi connectivity index (χ1v) is 5.10. The average molecular weight is 199 g/mol. The lowest BCUT2D eigenvalue weighted by Crippen LogP contribution is -2.46. The van der Waals surface area contributed by atoms with Gasteiger partial charge in [0.25, 0.3) is 0 Å². The molecule has 5 nitrogen and oxygen atoms in total. The molecule has 0 aromatic rings. The van der Waals surface area contributed by atoms with E-state index in [0.717, 1.165) is 39.3 Å². The minimum absolute atomic E-state index is 0.124. The number of hydrogen-bond acceptors (Lipinski definition) is 3. The van der Waals surface area contributed by atoms with Crippen LogP contribution in [0, 0.1) is 0 Å². The zero-order valence-electron chi connectivity index (χ0n) is 8.53. The van der Waals surface area contributed by atoms with Gasteiger partial charge in [0.05, 0.1) is 12.7 Å². The molecular weight excluding hydrogens is 182 g/mol. The molecule has 0 aromatic carbocycles. The third-order valence-corrected chi connectivity index (χ3v) is 2.73. The highest BCUT2D eigenvalue weighted by atomic mass is 16.5. The monoisotopic (exact) mass is 199 g/mol. The topological polar surface area (TPSA) is 44.8 Å². The summed E-state index contributed by atoms with van der Waals surface area (Å²) in [5.74, 6) is 0. The van der Waals surface area contributed by atoms with E-state index in [1.807, 2.05) is 11.9 Å². The molecule has 2 heterocycles. The summed E-state index contributed by atoms with van der Waals surface area (Å²) in [5, 5.41) is 3.26. The summed E-state index contributed by atoms with van der Waals surface area (Å²) in [6.45, 7) is 4.91. The van der Waals surface area contributed by atoms with Crippen molar-refractivity contribution in [1.29, 1.82) is 0 Å². The second-order valence-electron chi connectivity index (χ2n) is 3.85. The standard InChI is InChI=1S/C9H17N3O2/c1-11-3-4-12(9(11)13)7-8-6-10-2-5-14-8/h8,10H,2-7H2,1H3. The molecule has 1 unspecified atom stereocenters. The van der Waals surface area contributed by atoms with Gasteiger partial charge in [-0.3, -0.25) is 0 Å². The van der Waals surface area contributed by atoms with Crippen LogP contribution in [0.4, 0.5) is 4.79 Å². The van der Waals surface area contributed by atoms with Crippen molar-refractivity contribution >= 4 is 6.03 Å². The Labute approximate surface area is 84.0 Å². The summed E-state index contributed by atoms with van der Waals surface area (Å²) in [7, 11) is 1.84. The minimum Gasteiger partial charge on any atom is -0.374 e. The van der Waals surface area contributed by atoms with Gasteiger partial charge in [0, 0.05) is 39.8 Å². The Morgan fingerprint density at radius 3 is 3.00 bits per heavy atom. The molecule has 0 bridgehead atoms. The maximum Gasteiger partial charge on any atom is 0.319 e. The number of nitrogens with zero attached hydrogens (tertiary/aromatic N) is 2. The quantitative estimate of drug-likeness (QED) is 0.642. The first-order chi connectivity index (χ1) is 6.77. The molecule has 1 N–H and O–H groups in total. The molecule has 5 heteroatoms. The van der Waals surface area contributed by atoms with Crippen molar-refractivity contribution < 1.29 is 9.53 Å². The highest BCUT2D eigenvalue weighted by Gasteiger charge is 2.28. The molecule has 0 aliphatic carbocycles. The van der Waals surface area contributed by atoms with Gasteiger partial charge in [-0.25, -0.2) is 4.79 Å². The fraction of sp³-hybridized carbons (Fsp3) is 0.889. The maximum absolute atomic E-state index is 11.6. The molecule has 0 radical (unpaired) electrons. The van der Waals surface area contributed by atoms with Crippen LogP contribution in [0.1, 0.15) is 0 Å². The summed E-state index contributed by atoms with van der Waals surface area (Å²) >= 11 is 0. The molecule has 0 spiro atoms. The van der Waals surface area contributed by atoms with Gasteiger partial charge >= 0.3 is 6.03 Å². The summed E-state index contributed by atoms with van der Waals surface area (Å²) in [5.41, 5.74) is 0. The van der Waals surface area contributed by atoms with Crippen molar-refractivity contribution in [3.8, 4) is 0 Å². The lowest BCUT2D eigenvalue weighted by atomic mass is 10.3. The maximum atomic E-state index is 11.6. The number of carbonyl (C=O) groups is 1. The van der Waals surface area contributed by atoms with E-state index in [-0.39, 0.29) is 12.1 Å². The van der Waals surface area contributed by atoms with Gasteiger partial charge < -0.3 is 19.9 Å². The Morgan fingerprint density at radius 2 is 2.43 bits per heavy atom. The van der Waals surface area contributed by atoms with E-state index in [2.05, 4.69) is 5.32 Å². The summed E-state index contributed by atoms with van der Waals surface area (Å²) in [6.07, 6.45) is 0.166. The molecule has 80 valence electrons. The Morgan fingerprint density at radius 1 is 1.57 bits per heavy atom. The number of morpholine rings is 1. The smallest absolute Gasteiger partial charge is 0.319 e. The zero-order valence-corrected chi connectivity index (χ0v) is 8.53. The molecule has 2 aliphatic heterocycles. The Bertz CT molecular complexity index is 216. The van der Waals surface area contributed by atoms with E-state index in [4.69, 9.17) is 4.74 Å². The third kappa shape index (κ3) is 1.99. The molecule has 0 saturated carbocycles. The van der Waals surface area contributed by atoms with Crippen LogP contribution in [0.3, 0.4) is 0 Å². The van der Waals surface area contributed by atoms with E-state index in [1.54, 1.807) is 4.90 Å². The van der Waals surface area contributed by atoms with Crippen LogP contribution in [0.2, 0.25) is 0 Å². The fourth-order valence-corrected chi connectivity index (χ4v) is 1.86. The number of amides is 2. The van der Waals surface area contributed by atoms with Crippen molar-refractivity contribution in [2.45, 2.75) is 6.10 Å². The Balaban J connectivity index is 1.82. The first kappa shape index (κ1) is 9.73. The molecule has 0 aromatic heterocycles. The normalized spacial score (nSPS) is 28.6. The minimum atomic E-state index is 0.124. The van der Waals surface area contributed by atoms with Gasteiger partial charge in [-0.2, -0.15) is 0 Å². The van der Waals surface area contributed by atoms with Crippen molar-refractivity contribution in [2.75, 3.05) is 46.4 Å². The summed E-state index contributed by atoms with van der Waals surface area (Å²) in [4.78, 5) is 15.2. The van der Waals surface area contributed by atoms with E-state index in [9.17, 15) is 4.79 Å². The summed E-state index contributed by atoms with van der Waals surface area (Å²) in [6, 6.07) is 0.124. The molecular formula is C9H17N3O2. The van der Waals surface area contributed by atoms with Gasteiger partial charge in [0.2, 0.25) is 0 Å². The molecule has 2 rings (SSSR count). The SMILES string of the molecule is CN1CCN(CC2CNCCO2)C1=O. The highest BCUT2D eigenvalue weighted by molar-refractivity contribution is 5.76. The van der Waals surface area contributed by atoms with Gasteiger partial charge in [-0.1, -0.05) is 0 Å². The van der Waals surface area contributed by atoms with Crippen molar-refractivity contribution in [3.05, 3.63) is 0 Å². The van der Waals surface area contributed by atoms with Gasteiger partial charge in [-0.05, 0) is 0 Å². The van der Waals surface area contributed by atoms with Crippen LogP contribution in [-0.2, 0) is 4.74 Å². The third-order valence-electron chi connectivity index (χ3n) is 2.73. The molecule has 2 aliphatic rings. The van der Waals surface area contributed by atoms with Crippen LogP contribution in [0.5, 0.6) is 0 Å². The van der Waals surface area contributed by atoms with Crippen molar-refractivity contribution in [3.63, 3.8) is 0 Å². The van der Waals surface area contributed by atoms with Crippen LogP contribution in [-0.4, -0.2) is 68.3 Å². The van der Waals surface area contributed by atoms with Crippen LogP contribution in [0.25, 0.3) is 0 Å². The average Bonchev–Trinajstić information content (AvgIpc) is 2.52. The second kappa shape index (κ2) is 4.14. The van der Waals surface area contributed by atoms with Gasteiger partial charge in [0.1, 0.15) is 0 Å². The van der Waals surface area contributed by atoms with Gasteiger partial charge in [0.15, 0.2) is 0 Å².